The Balaban J connectivity index is 1.42. The second-order valence-corrected chi connectivity index (χ2v) is 5.61. The second-order valence-electron chi connectivity index (χ2n) is 5.61. The van der Waals surface area contributed by atoms with Gasteiger partial charge < -0.3 is 10.1 Å². The first-order valence-electron chi connectivity index (χ1n) is 8.38. The van der Waals surface area contributed by atoms with Crippen molar-refractivity contribution in [2.45, 2.75) is 12.8 Å². The van der Waals surface area contributed by atoms with E-state index >= 15 is 0 Å². The van der Waals surface area contributed by atoms with E-state index in [1.807, 2.05) is 60.7 Å². The van der Waals surface area contributed by atoms with Crippen molar-refractivity contribution >= 4 is 5.91 Å². The van der Waals surface area contributed by atoms with Gasteiger partial charge in [-0.3, -0.25) is 9.36 Å². The van der Waals surface area contributed by atoms with Crippen molar-refractivity contribution in [3.8, 4) is 11.4 Å². The van der Waals surface area contributed by atoms with Gasteiger partial charge in [-0.15, -0.1) is 0 Å². The van der Waals surface area contributed by atoms with Crippen LogP contribution in [0.15, 0.2) is 73.2 Å². The van der Waals surface area contributed by atoms with E-state index in [0.29, 0.717) is 18.8 Å². The molecule has 0 aliphatic rings. The zero-order valence-electron chi connectivity index (χ0n) is 14.0. The molecule has 1 aromatic heterocycles. The smallest absolute Gasteiger partial charge is 0.269 e. The minimum Gasteiger partial charge on any atom is -0.494 e. The fourth-order valence-electron chi connectivity index (χ4n) is 2.48. The van der Waals surface area contributed by atoms with Crippen molar-refractivity contribution in [3.05, 3.63) is 78.9 Å². The molecule has 0 spiro atoms. The first-order valence-corrected chi connectivity index (χ1v) is 8.38. The van der Waals surface area contributed by atoms with Crippen molar-refractivity contribution in [1.29, 1.82) is 0 Å². The third-order valence-corrected chi connectivity index (χ3v) is 3.77. The first kappa shape index (κ1) is 16.8. The molecule has 0 aliphatic heterocycles. The molecule has 1 N–H and O–H groups in total. The van der Waals surface area contributed by atoms with E-state index in [1.165, 1.54) is 0 Å². The normalized spacial score (nSPS) is 10.4. The fourth-order valence-corrected chi connectivity index (χ4v) is 2.48. The van der Waals surface area contributed by atoms with Crippen molar-refractivity contribution in [3.63, 3.8) is 0 Å². The molecule has 3 rings (SSSR count). The molecule has 25 heavy (non-hydrogen) atoms. The van der Waals surface area contributed by atoms with Crippen LogP contribution in [0.25, 0.3) is 5.69 Å². The van der Waals surface area contributed by atoms with Crippen molar-refractivity contribution in [2.24, 2.45) is 0 Å². The average molecular weight is 335 g/mol. The summed E-state index contributed by atoms with van der Waals surface area (Å²) in [6.45, 7) is 1.25. The highest BCUT2D eigenvalue weighted by Gasteiger charge is 2.12. The lowest BCUT2D eigenvalue weighted by molar-refractivity contribution is 0.0945. The highest BCUT2D eigenvalue weighted by atomic mass is 16.5. The summed E-state index contributed by atoms with van der Waals surface area (Å²) in [6.07, 6.45) is 4.98. The predicted octanol–water partition coefficient (Wildman–Crippen LogP) is 3.46. The van der Waals surface area contributed by atoms with Gasteiger partial charge in [0.1, 0.15) is 11.4 Å². The van der Waals surface area contributed by atoms with Crippen LogP contribution in [0.3, 0.4) is 0 Å². The van der Waals surface area contributed by atoms with Gasteiger partial charge in [0, 0.05) is 12.2 Å². The number of nitrogens with one attached hydrogen (secondary N) is 1. The van der Waals surface area contributed by atoms with Gasteiger partial charge >= 0.3 is 0 Å². The Kier molecular flexibility index (Phi) is 5.82. The van der Waals surface area contributed by atoms with Crippen LogP contribution in [0.1, 0.15) is 23.3 Å². The van der Waals surface area contributed by atoms with Gasteiger partial charge in [0.05, 0.1) is 19.1 Å². The number of aromatic nitrogens is 2. The fraction of sp³-hybridized carbons (Fsp3) is 0.200. The number of carbonyl (C=O) groups is 1. The largest absolute Gasteiger partial charge is 0.494 e. The number of hydrogen-bond acceptors (Lipinski definition) is 3. The van der Waals surface area contributed by atoms with Crippen molar-refractivity contribution in [2.75, 3.05) is 13.2 Å². The van der Waals surface area contributed by atoms with Crippen LogP contribution >= 0.6 is 0 Å². The predicted molar refractivity (Wildman–Crippen MR) is 97.1 cm³/mol. The number of unbranched alkanes of at least 4 members (excludes halogenated alkanes) is 1. The van der Waals surface area contributed by atoms with Gasteiger partial charge in [-0.1, -0.05) is 36.4 Å². The molecule has 5 nitrogen and oxygen atoms in total. The third kappa shape index (κ3) is 4.70. The topological polar surface area (TPSA) is 56.1 Å². The quantitative estimate of drug-likeness (QED) is 0.641. The molecular formula is C20H21N3O2. The van der Waals surface area contributed by atoms with E-state index in [1.54, 1.807) is 17.1 Å². The minimum absolute atomic E-state index is 0.120. The summed E-state index contributed by atoms with van der Waals surface area (Å²) in [5.74, 6) is 0.753. The number of imidazole rings is 1. The summed E-state index contributed by atoms with van der Waals surface area (Å²) in [5.41, 5.74) is 1.45. The van der Waals surface area contributed by atoms with Crippen LogP contribution in [0, 0.1) is 0 Å². The summed E-state index contributed by atoms with van der Waals surface area (Å²) in [5, 5.41) is 2.94. The maximum absolute atomic E-state index is 12.4. The molecule has 0 saturated carbocycles. The van der Waals surface area contributed by atoms with Crippen LogP contribution in [0.2, 0.25) is 0 Å². The summed E-state index contributed by atoms with van der Waals surface area (Å²) < 4.78 is 7.42. The third-order valence-electron chi connectivity index (χ3n) is 3.77. The maximum Gasteiger partial charge on any atom is 0.269 e. The van der Waals surface area contributed by atoms with Crippen molar-refractivity contribution in [1.82, 2.24) is 14.9 Å². The van der Waals surface area contributed by atoms with Gasteiger partial charge in [-0.2, -0.15) is 0 Å². The number of ether oxygens (including phenoxy) is 1. The van der Waals surface area contributed by atoms with E-state index in [2.05, 4.69) is 10.3 Å². The van der Waals surface area contributed by atoms with E-state index in [4.69, 9.17) is 4.74 Å². The van der Waals surface area contributed by atoms with E-state index in [0.717, 1.165) is 24.3 Å². The zero-order chi connectivity index (χ0) is 17.3. The average Bonchev–Trinajstić information content (AvgIpc) is 3.16. The van der Waals surface area contributed by atoms with Crippen LogP contribution in [0.5, 0.6) is 5.75 Å². The Hall–Kier alpha value is -3.08. The van der Waals surface area contributed by atoms with Gasteiger partial charge in [0.15, 0.2) is 0 Å². The lowest BCUT2D eigenvalue weighted by Crippen LogP contribution is -2.26. The highest BCUT2D eigenvalue weighted by Crippen LogP contribution is 2.11. The second kappa shape index (κ2) is 8.68. The van der Waals surface area contributed by atoms with Crippen LogP contribution in [-0.4, -0.2) is 28.6 Å². The molecular weight excluding hydrogens is 314 g/mol. The molecule has 0 fully saturated rings. The summed E-state index contributed by atoms with van der Waals surface area (Å²) in [6, 6.07) is 19.4. The number of carbonyl (C=O) groups excluding carboxylic acids is 1. The molecule has 0 atom stereocenters. The maximum atomic E-state index is 12.4. The standard InChI is InChI=1S/C20H21N3O2/c24-20(19-15-21-16-23(19)17-9-3-1-4-10-17)22-13-7-8-14-25-18-11-5-2-6-12-18/h1-6,9-12,15-16H,7-8,13-14H2,(H,22,24). The molecule has 2 aromatic carbocycles. The van der Waals surface area contributed by atoms with Gasteiger partial charge in [-0.25, -0.2) is 4.98 Å². The highest BCUT2D eigenvalue weighted by molar-refractivity contribution is 5.92. The zero-order valence-corrected chi connectivity index (χ0v) is 14.0. The van der Waals surface area contributed by atoms with Crippen molar-refractivity contribution < 1.29 is 9.53 Å². The minimum atomic E-state index is -0.120. The molecule has 0 aliphatic carbocycles. The van der Waals surface area contributed by atoms with Crippen LogP contribution in [-0.2, 0) is 0 Å². The molecule has 0 saturated heterocycles. The Morgan fingerprint density at radius 1 is 1.00 bits per heavy atom. The number of nitrogens with zero attached hydrogens (tertiary/aromatic N) is 2. The van der Waals surface area contributed by atoms with Gasteiger partial charge in [0.25, 0.3) is 5.91 Å². The molecule has 128 valence electrons. The molecule has 0 unspecified atom stereocenters. The van der Waals surface area contributed by atoms with Crippen LogP contribution in [0.4, 0.5) is 0 Å². The summed E-state index contributed by atoms with van der Waals surface area (Å²) in [4.78, 5) is 16.4. The number of hydrogen-bond donors (Lipinski definition) is 1. The number of benzene rings is 2. The number of rotatable bonds is 8. The van der Waals surface area contributed by atoms with Gasteiger partial charge in [0.2, 0.25) is 0 Å². The molecule has 0 bridgehead atoms. The summed E-state index contributed by atoms with van der Waals surface area (Å²) >= 11 is 0. The lowest BCUT2D eigenvalue weighted by Gasteiger charge is -2.09. The lowest BCUT2D eigenvalue weighted by atomic mass is 10.3. The van der Waals surface area contributed by atoms with E-state index in [9.17, 15) is 4.79 Å². The van der Waals surface area contributed by atoms with E-state index < -0.39 is 0 Å². The number of para-hydroxylation sites is 2. The van der Waals surface area contributed by atoms with E-state index in [-0.39, 0.29) is 5.91 Å². The molecule has 1 amide bonds. The number of amides is 1. The first-order chi connectivity index (χ1) is 12.3. The molecule has 5 heteroatoms. The SMILES string of the molecule is O=C(NCCCCOc1ccccc1)c1cncn1-c1ccccc1. The molecule has 1 heterocycles. The Morgan fingerprint density at radius 3 is 2.48 bits per heavy atom. The Bertz CT molecular complexity index is 785. The Labute approximate surface area is 147 Å². The summed E-state index contributed by atoms with van der Waals surface area (Å²) in [7, 11) is 0. The Morgan fingerprint density at radius 2 is 1.72 bits per heavy atom. The van der Waals surface area contributed by atoms with Gasteiger partial charge in [-0.05, 0) is 37.1 Å². The van der Waals surface area contributed by atoms with Crippen LogP contribution < -0.4 is 10.1 Å². The molecule has 0 radical (unpaired) electrons. The molecule has 3 aromatic rings. The monoisotopic (exact) mass is 335 g/mol.